The summed E-state index contributed by atoms with van der Waals surface area (Å²) in [6.45, 7) is 8.85. The molecule has 0 aromatic heterocycles. The lowest BCUT2D eigenvalue weighted by Crippen LogP contribution is -2.43. The molecule has 0 aromatic rings. The van der Waals surface area contributed by atoms with Crippen molar-refractivity contribution < 1.29 is 4.79 Å². The Bertz CT molecular complexity index is 259. The number of hydrogen-bond donors (Lipinski definition) is 2. The van der Waals surface area contributed by atoms with Crippen LogP contribution in [0.3, 0.4) is 0 Å². The molecule has 1 saturated heterocycles. The van der Waals surface area contributed by atoms with Gasteiger partial charge in [-0.05, 0) is 26.2 Å². The van der Waals surface area contributed by atoms with Gasteiger partial charge in [0.05, 0.1) is 0 Å². The first-order valence-electron chi connectivity index (χ1n) is 6.49. The van der Waals surface area contributed by atoms with Crippen LogP contribution in [0, 0.1) is 0 Å². The molecule has 0 radical (unpaired) electrons. The molecule has 3 N–H and O–H groups in total. The van der Waals surface area contributed by atoms with Crippen molar-refractivity contribution in [2.75, 3.05) is 26.2 Å². The van der Waals surface area contributed by atoms with Crippen molar-refractivity contribution in [3.05, 3.63) is 12.2 Å². The van der Waals surface area contributed by atoms with Gasteiger partial charge in [0, 0.05) is 38.6 Å². The summed E-state index contributed by atoms with van der Waals surface area (Å²) in [4.78, 5) is 14.0. The van der Waals surface area contributed by atoms with Crippen molar-refractivity contribution >= 4 is 5.91 Å². The predicted octanol–water partition coefficient (Wildman–Crippen LogP) is 0.882. The van der Waals surface area contributed by atoms with E-state index in [1.807, 2.05) is 11.8 Å². The van der Waals surface area contributed by atoms with Crippen LogP contribution in [-0.4, -0.2) is 43.0 Å². The largest absolute Gasteiger partial charge is 0.343 e. The van der Waals surface area contributed by atoms with Gasteiger partial charge >= 0.3 is 0 Å². The zero-order valence-corrected chi connectivity index (χ0v) is 10.9. The summed E-state index contributed by atoms with van der Waals surface area (Å²) in [5.74, 6) is 0.231. The van der Waals surface area contributed by atoms with Crippen molar-refractivity contribution in [2.24, 2.45) is 5.73 Å². The standard InChI is InChI=1S/C13H25N3O/c1-11(2)10-15-12(9-14)8-13(17)16-6-4-3-5-7-16/h12,15H,1,3-10,14H2,2H3. The average molecular weight is 239 g/mol. The van der Waals surface area contributed by atoms with Gasteiger partial charge < -0.3 is 16.0 Å². The van der Waals surface area contributed by atoms with Crippen molar-refractivity contribution in [2.45, 2.75) is 38.6 Å². The van der Waals surface area contributed by atoms with E-state index in [2.05, 4.69) is 11.9 Å². The first kappa shape index (κ1) is 14.2. The highest BCUT2D eigenvalue weighted by Crippen LogP contribution is 2.10. The van der Waals surface area contributed by atoms with Gasteiger partial charge in [0.1, 0.15) is 0 Å². The number of piperidine rings is 1. The predicted molar refractivity (Wildman–Crippen MR) is 70.7 cm³/mol. The van der Waals surface area contributed by atoms with Gasteiger partial charge in [0.2, 0.25) is 5.91 Å². The van der Waals surface area contributed by atoms with Crippen LogP contribution in [0.5, 0.6) is 0 Å². The summed E-state index contributed by atoms with van der Waals surface area (Å²) in [5.41, 5.74) is 6.74. The average Bonchev–Trinajstić information content (AvgIpc) is 2.35. The Kier molecular flexibility index (Phi) is 6.22. The minimum atomic E-state index is 0.0705. The fraction of sp³-hybridized carbons (Fsp3) is 0.769. The molecule has 17 heavy (non-hydrogen) atoms. The van der Waals surface area contributed by atoms with E-state index in [4.69, 9.17) is 5.73 Å². The molecule has 1 amide bonds. The van der Waals surface area contributed by atoms with Crippen LogP contribution in [0.15, 0.2) is 12.2 Å². The molecule has 4 heteroatoms. The lowest BCUT2D eigenvalue weighted by molar-refractivity contribution is -0.132. The maximum atomic E-state index is 12.0. The molecule has 0 saturated carbocycles. The minimum Gasteiger partial charge on any atom is -0.343 e. The number of nitrogens with zero attached hydrogens (tertiary/aromatic N) is 1. The number of carbonyl (C=O) groups is 1. The molecule has 1 unspecified atom stereocenters. The van der Waals surface area contributed by atoms with Gasteiger partial charge in [0.15, 0.2) is 0 Å². The highest BCUT2D eigenvalue weighted by molar-refractivity contribution is 5.76. The van der Waals surface area contributed by atoms with Crippen molar-refractivity contribution in [3.63, 3.8) is 0 Å². The van der Waals surface area contributed by atoms with Crippen LogP contribution < -0.4 is 11.1 Å². The molecule has 1 fully saturated rings. The Morgan fingerprint density at radius 2 is 2.06 bits per heavy atom. The second-order valence-corrected chi connectivity index (χ2v) is 4.92. The van der Waals surface area contributed by atoms with E-state index >= 15 is 0 Å². The molecule has 0 aliphatic carbocycles. The van der Waals surface area contributed by atoms with E-state index in [1.165, 1.54) is 6.42 Å². The van der Waals surface area contributed by atoms with Crippen molar-refractivity contribution in [3.8, 4) is 0 Å². The maximum Gasteiger partial charge on any atom is 0.224 e. The highest BCUT2D eigenvalue weighted by atomic mass is 16.2. The third-order valence-electron chi connectivity index (χ3n) is 3.11. The summed E-state index contributed by atoms with van der Waals surface area (Å²) in [6.07, 6.45) is 4.03. The molecule has 1 rings (SSSR count). The second-order valence-electron chi connectivity index (χ2n) is 4.92. The molecule has 1 heterocycles. The SMILES string of the molecule is C=C(C)CNC(CN)CC(=O)N1CCCCC1. The number of amides is 1. The molecule has 0 bridgehead atoms. The van der Waals surface area contributed by atoms with Gasteiger partial charge in [0.25, 0.3) is 0 Å². The zero-order valence-electron chi connectivity index (χ0n) is 10.9. The third kappa shape index (κ3) is 5.33. The summed E-state index contributed by atoms with van der Waals surface area (Å²) < 4.78 is 0. The number of hydrogen-bond acceptors (Lipinski definition) is 3. The topological polar surface area (TPSA) is 58.4 Å². The normalized spacial score (nSPS) is 17.9. The zero-order chi connectivity index (χ0) is 12.7. The van der Waals surface area contributed by atoms with Crippen molar-refractivity contribution in [1.82, 2.24) is 10.2 Å². The third-order valence-corrected chi connectivity index (χ3v) is 3.11. The Labute approximate surface area is 104 Å². The lowest BCUT2D eigenvalue weighted by atomic mass is 10.1. The van der Waals surface area contributed by atoms with Crippen molar-refractivity contribution in [1.29, 1.82) is 0 Å². The van der Waals surface area contributed by atoms with Crippen LogP contribution in [0.1, 0.15) is 32.6 Å². The molecular formula is C13H25N3O. The molecule has 0 aromatic carbocycles. The van der Waals surface area contributed by atoms with Gasteiger partial charge in [-0.15, -0.1) is 0 Å². The van der Waals surface area contributed by atoms with Gasteiger partial charge in [-0.2, -0.15) is 0 Å². The Morgan fingerprint density at radius 1 is 1.41 bits per heavy atom. The summed E-state index contributed by atoms with van der Waals surface area (Å²) >= 11 is 0. The number of nitrogens with one attached hydrogen (secondary N) is 1. The summed E-state index contributed by atoms with van der Waals surface area (Å²) in [6, 6.07) is 0.0705. The molecule has 1 aliphatic heterocycles. The van der Waals surface area contributed by atoms with Crippen LogP contribution in [0.2, 0.25) is 0 Å². The van der Waals surface area contributed by atoms with E-state index < -0.39 is 0 Å². The monoisotopic (exact) mass is 239 g/mol. The number of likely N-dealkylation sites (tertiary alicyclic amines) is 1. The number of rotatable bonds is 6. The van der Waals surface area contributed by atoms with Crippen LogP contribution in [0.4, 0.5) is 0 Å². The Hall–Kier alpha value is -0.870. The van der Waals surface area contributed by atoms with Crippen LogP contribution in [0.25, 0.3) is 0 Å². The van der Waals surface area contributed by atoms with Crippen LogP contribution in [-0.2, 0) is 4.79 Å². The van der Waals surface area contributed by atoms with Gasteiger partial charge in [-0.25, -0.2) is 0 Å². The molecule has 1 atom stereocenters. The summed E-state index contributed by atoms with van der Waals surface area (Å²) in [7, 11) is 0. The fourth-order valence-electron chi connectivity index (χ4n) is 2.04. The molecular weight excluding hydrogens is 214 g/mol. The van der Waals surface area contributed by atoms with E-state index in [-0.39, 0.29) is 11.9 Å². The smallest absolute Gasteiger partial charge is 0.224 e. The molecule has 1 aliphatic rings. The Morgan fingerprint density at radius 3 is 2.59 bits per heavy atom. The van der Waals surface area contributed by atoms with Gasteiger partial charge in [-0.3, -0.25) is 4.79 Å². The van der Waals surface area contributed by atoms with Crippen LogP contribution >= 0.6 is 0 Å². The van der Waals surface area contributed by atoms with Gasteiger partial charge in [-0.1, -0.05) is 12.2 Å². The summed E-state index contributed by atoms with van der Waals surface area (Å²) in [5, 5.41) is 3.27. The maximum absolute atomic E-state index is 12.0. The molecule has 4 nitrogen and oxygen atoms in total. The highest BCUT2D eigenvalue weighted by Gasteiger charge is 2.19. The first-order chi connectivity index (χ1) is 8.13. The van der Waals surface area contributed by atoms with E-state index in [1.54, 1.807) is 0 Å². The quantitative estimate of drug-likeness (QED) is 0.677. The van der Waals surface area contributed by atoms with E-state index in [0.29, 0.717) is 13.0 Å². The first-order valence-corrected chi connectivity index (χ1v) is 6.49. The number of carbonyl (C=O) groups excluding carboxylic acids is 1. The minimum absolute atomic E-state index is 0.0705. The fourth-order valence-corrected chi connectivity index (χ4v) is 2.04. The Balaban J connectivity index is 2.33. The molecule has 0 spiro atoms. The molecule has 98 valence electrons. The van der Waals surface area contributed by atoms with E-state index in [9.17, 15) is 4.79 Å². The number of nitrogens with two attached hydrogens (primary N) is 1. The second kappa shape index (κ2) is 7.45. The lowest BCUT2D eigenvalue weighted by Gasteiger charge is -2.28. The van der Waals surface area contributed by atoms with E-state index in [0.717, 1.165) is 38.0 Å².